The Morgan fingerprint density at radius 1 is 0.800 bits per heavy atom. The van der Waals surface area contributed by atoms with Crippen molar-refractivity contribution in [2.45, 2.75) is 19.4 Å². The number of hydrazone groups is 1. The minimum Gasteiger partial charge on any atom is -0.382 e. The molecule has 0 aliphatic carbocycles. The molecular formula is C22H23N3. The van der Waals surface area contributed by atoms with Crippen molar-refractivity contribution in [2.24, 2.45) is 5.10 Å². The molecule has 0 radical (unpaired) electrons. The highest BCUT2D eigenvalue weighted by molar-refractivity contribution is 5.80. The van der Waals surface area contributed by atoms with Gasteiger partial charge in [0.2, 0.25) is 0 Å². The number of nitrogens with zero attached hydrogens (tertiary/aromatic N) is 1. The third-order valence-corrected chi connectivity index (χ3v) is 3.89. The van der Waals surface area contributed by atoms with Gasteiger partial charge in [0.15, 0.2) is 0 Å². The largest absolute Gasteiger partial charge is 0.382 e. The molecule has 0 saturated carbocycles. The molecule has 0 heterocycles. The van der Waals surface area contributed by atoms with Crippen molar-refractivity contribution < 1.29 is 0 Å². The zero-order valence-electron chi connectivity index (χ0n) is 14.4. The molecule has 0 spiro atoms. The second kappa shape index (κ2) is 8.69. The topological polar surface area (TPSA) is 36.4 Å². The summed E-state index contributed by atoms with van der Waals surface area (Å²) in [6, 6.07) is 29.1. The first kappa shape index (κ1) is 16.8. The molecule has 0 saturated heterocycles. The van der Waals surface area contributed by atoms with E-state index in [0.29, 0.717) is 6.04 Å². The highest BCUT2D eigenvalue weighted by Crippen LogP contribution is 2.12. The summed E-state index contributed by atoms with van der Waals surface area (Å²) in [6.45, 7) is 2.20. The number of hydrogen-bond donors (Lipinski definition) is 2. The summed E-state index contributed by atoms with van der Waals surface area (Å²) in [5.74, 6) is 0. The molecular weight excluding hydrogens is 306 g/mol. The number of benzene rings is 3. The standard InChI is InChI=1S/C22H23N3/c1-18(16-19-8-4-2-5-9-19)24-21-14-12-20(13-15-21)17-23-25-22-10-6-3-7-11-22/h2-15,17-18,24-25H,16H2,1H3. The Labute approximate surface area is 149 Å². The summed E-state index contributed by atoms with van der Waals surface area (Å²) in [7, 11) is 0. The van der Waals surface area contributed by atoms with E-state index in [1.54, 1.807) is 0 Å². The monoisotopic (exact) mass is 329 g/mol. The molecule has 25 heavy (non-hydrogen) atoms. The smallest absolute Gasteiger partial charge is 0.0561 e. The maximum absolute atomic E-state index is 4.26. The van der Waals surface area contributed by atoms with Crippen LogP contribution in [0, 0.1) is 0 Å². The zero-order chi connectivity index (χ0) is 17.3. The second-order valence-electron chi connectivity index (χ2n) is 6.09. The van der Waals surface area contributed by atoms with Crippen LogP contribution in [0.3, 0.4) is 0 Å². The molecule has 3 aromatic rings. The summed E-state index contributed by atoms with van der Waals surface area (Å²) in [5, 5.41) is 7.80. The van der Waals surface area contributed by atoms with Gasteiger partial charge in [-0.15, -0.1) is 0 Å². The minimum absolute atomic E-state index is 0.377. The maximum atomic E-state index is 4.26. The Hall–Kier alpha value is -3.07. The van der Waals surface area contributed by atoms with E-state index < -0.39 is 0 Å². The molecule has 0 aliphatic heterocycles. The van der Waals surface area contributed by atoms with E-state index in [9.17, 15) is 0 Å². The first-order valence-corrected chi connectivity index (χ1v) is 8.54. The normalized spacial score (nSPS) is 12.0. The summed E-state index contributed by atoms with van der Waals surface area (Å²) in [6.07, 6.45) is 2.83. The van der Waals surface area contributed by atoms with Crippen molar-refractivity contribution in [3.05, 3.63) is 96.1 Å². The first-order chi connectivity index (χ1) is 12.3. The predicted molar refractivity (Wildman–Crippen MR) is 107 cm³/mol. The van der Waals surface area contributed by atoms with Gasteiger partial charge in [-0.05, 0) is 48.7 Å². The molecule has 0 amide bonds. The van der Waals surface area contributed by atoms with Gasteiger partial charge in [0.1, 0.15) is 0 Å². The zero-order valence-corrected chi connectivity index (χ0v) is 14.4. The number of para-hydroxylation sites is 1. The second-order valence-corrected chi connectivity index (χ2v) is 6.09. The Morgan fingerprint density at radius 3 is 2.12 bits per heavy atom. The molecule has 0 aliphatic rings. The number of anilines is 2. The van der Waals surface area contributed by atoms with E-state index in [2.05, 4.69) is 77.4 Å². The fourth-order valence-electron chi connectivity index (χ4n) is 2.66. The summed E-state index contributed by atoms with van der Waals surface area (Å²) in [5.41, 5.74) is 7.53. The molecule has 126 valence electrons. The molecule has 3 aromatic carbocycles. The van der Waals surface area contributed by atoms with E-state index in [-0.39, 0.29) is 0 Å². The van der Waals surface area contributed by atoms with Crippen molar-refractivity contribution in [3.63, 3.8) is 0 Å². The van der Waals surface area contributed by atoms with Crippen molar-refractivity contribution in [3.8, 4) is 0 Å². The Kier molecular flexibility index (Phi) is 5.83. The van der Waals surface area contributed by atoms with Gasteiger partial charge in [-0.2, -0.15) is 5.10 Å². The van der Waals surface area contributed by atoms with Crippen molar-refractivity contribution >= 4 is 17.6 Å². The van der Waals surface area contributed by atoms with Crippen LogP contribution in [0.5, 0.6) is 0 Å². The van der Waals surface area contributed by atoms with Gasteiger partial charge < -0.3 is 5.32 Å². The van der Waals surface area contributed by atoms with E-state index in [1.165, 1.54) is 5.56 Å². The lowest BCUT2D eigenvalue weighted by atomic mass is 10.1. The van der Waals surface area contributed by atoms with Crippen LogP contribution < -0.4 is 10.7 Å². The predicted octanol–water partition coefficient (Wildman–Crippen LogP) is 5.18. The summed E-state index contributed by atoms with van der Waals surface area (Å²) in [4.78, 5) is 0. The maximum Gasteiger partial charge on any atom is 0.0561 e. The molecule has 2 N–H and O–H groups in total. The summed E-state index contributed by atoms with van der Waals surface area (Å²) >= 11 is 0. The average Bonchev–Trinajstić information content (AvgIpc) is 2.65. The first-order valence-electron chi connectivity index (χ1n) is 8.54. The quantitative estimate of drug-likeness (QED) is 0.463. The van der Waals surface area contributed by atoms with Gasteiger partial charge >= 0.3 is 0 Å². The molecule has 1 atom stereocenters. The van der Waals surface area contributed by atoms with Gasteiger partial charge in [0.25, 0.3) is 0 Å². The van der Waals surface area contributed by atoms with E-state index in [0.717, 1.165) is 23.4 Å². The number of rotatable bonds is 7. The SMILES string of the molecule is CC(Cc1ccccc1)Nc1ccc(C=NNc2ccccc2)cc1. The highest BCUT2D eigenvalue weighted by Gasteiger charge is 2.03. The van der Waals surface area contributed by atoms with Gasteiger partial charge in [-0.1, -0.05) is 60.7 Å². The van der Waals surface area contributed by atoms with Crippen LogP contribution in [0.25, 0.3) is 0 Å². The Balaban J connectivity index is 1.51. The van der Waals surface area contributed by atoms with E-state index >= 15 is 0 Å². The van der Waals surface area contributed by atoms with Gasteiger partial charge in [-0.25, -0.2) is 0 Å². The molecule has 0 bridgehead atoms. The molecule has 3 nitrogen and oxygen atoms in total. The summed E-state index contributed by atoms with van der Waals surface area (Å²) < 4.78 is 0. The molecule has 3 rings (SSSR count). The lowest BCUT2D eigenvalue weighted by Crippen LogP contribution is -2.17. The van der Waals surface area contributed by atoms with Gasteiger partial charge in [0, 0.05) is 11.7 Å². The third kappa shape index (κ3) is 5.50. The van der Waals surface area contributed by atoms with Crippen LogP contribution in [0.2, 0.25) is 0 Å². The van der Waals surface area contributed by atoms with Crippen LogP contribution in [-0.2, 0) is 6.42 Å². The highest BCUT2D eigenvalue weighted by atomic mass is 15.3. The van der Waals surface area contributed by atoms with Crippen molar-refractivity contribution in [1.29, 1.82) is 0 Å². The fourth-order valence-corrected chi connectivity index (χ4v) is 2.66. The lowest BCUT2D eigenvalue weighted by molar-refractivity contribution is 0.790. The molecule has 3 heteroatoms. The van der Waals surface area contributed by atoms with Gasteiger partial charge in [-0.3, -0.25) is 5.43 Å². The lowest BCUT2D eigenvalue weighted by Gasteiger charge is -2.15. The minimum atomic E-state index is 0.377. The van der Waals surface area contributed by atoms with E-state index in [4.69, 9.17) is 0 Å². The number of hydrogen-bond acceptors (Lipinski definition) is 3. The third-order valence-electron chi connectivity index (χ3n) is 3.89. The van der Waals surface area contributed by atoms with Crippen LogP contribution >= 0.6 is 0 Å². The Bertz CT molecular complexity index is 781. The Morgan fingerprint density at radius 2 is 1.44 bits per heavy atom. The van der Waals surface area contributed by atoms with Gasteiger partial charge in [0.05, 0.1) is 11.9 Å². The molecule has 1 unspecified atom stereocenters. The molecule has 0 fully saturated rings. The van der Waals surface area contributed by atoms with Crippen LogP contribution in [-0.4, -0.2) is 12.3 Å². The van der Waals surface area contributed by atoms with Crippen LogP contribution in [0.4, 0.5) is 11.4 Å². The van der Waals surface area contributed by atoms with Crippen molar-refractivity contribution in [2.75, 3.05) is 10.7 Å². The van der Waals surface area contributed by atoms with Crippen molar-refractivity contribution in [1.82, 2.24) is 0 Å². The average molecular weight is 329 g/mol. The molecule has 0 aromatic heterocycles. The number of nitrogens with one attached hydrogen (secondary N) is 2. The van der Waals surface area contributed by atoms with Crippen LogP contribution in [0.1, 0.15) is 18.1 Å². The van der Waals surface area contributed by atoms with Crippen LogP contribution in [0.15, 0.2) is 90.0 Å². The fraction of sp³-hybridized carbons (Fsp3) is 0.136. The van der Waals surface area contributed by atoms with E-state index in [1.807, 2.05) is 36.5 Å².